The summed E-state index contributed by atoms with van der Waals surface area (Å²) in [4.78, 5) is 12.0. The molecule has 5 heteroatoms. The Hall–Kier alpha value is -2.56. The summed E-state index contributed by atoms with van der Waals surface area (Å²) in [5.74, 6) is -0.755. The van der Waals surface area contributed by atoms with E-state index in [1.807, 2.05) is 0 Å². The van der Waals surface area contributed by atoms with Gasteiger partial charge in [-0.3, -0.25) is 4.79 Å². The van der Waals surface area contributed by atoms with Gasteiger partial charge in [0, 0.05) is 24.0 Å². The molecule has 0 fully saturated rings. The second-order valence-electron chi connectivity index (χ2n) is 4.02. The Morgan fingerprint density at radius 1 is 1.21 bits per heavy atom. The van der Waals surface area contributed by atoms with E-state index in [1.165, 1.54) is 18.2 Å². The molecule has 0 bridgehead atoms. The first-order chi connectivity index (χ1) is 9.11. The fraction of sp³-hybridized carbons (Fsp3) is 0.0714. The minimum atomic E-state index is -0.755. The zero-order valence-corrected chi connectivity index (χ0v) is 10.4. The van der Waals surface area contributed by atoms with Crippen LogP contribution in [0.5, 0.6) is 0 Å². The highest BCUT2D eigenvalue weighted by molar-refractivity contribution is 6.05. The van der Waals surface area contributed by atoms with Gasteiger partial charge < -0.3 is 11.1 Å². The molecule has 0 unspecified atom stereocenters. The minimum Gasteiger partial charge on any atom is -0.399 e. The van der Waals surface area contributed by atoms with Gasteiger partial charge in [0.1, 0.15) is 0 Å². The molecule has 0 atom stereocenters. The van der Waals surface area contributed by atoms with Gasteiger partial charge in [0.05, 0.1) is 5.69 Å². The number of nitrogens with two attached hydrogens (primary N) is 1. The molecule has 3 N–H and O–H groups in total. The van der Waals surface area contributed by atoms with Crippen LogP contribution in [-0.4, -0.2) is 13.0 Å². The highest BCUT2D eigenvalue weighted by atomic mass is 19.2. The fourth-order valence-electron chi connectivity index (χ4n) is 1.71. The number of rotatable bonds is 3. The number of hydrogen-bond donors (Lipinski definition) is 2. The SMILES string of the molecule is CNc1cc(N)cc(C(=O)N(F)c2ccccc2)c1. The zero-order valence-electron chi connectivity index (χ0n) is 10.4. The smallest absolute Gasteiger partial charge is 0.286 e. The van der Waals surface area contributed by atoms with Crippen molar-refractivity contribution in [2.75, 3.05) is 23.2 Å². The van der Waals surface area contributed by atoms with Crippen LogP contribution >= 0.6 is 0 Å². The molecule has 2 rings (SSSR count). The van der Waals surface area contributed by atoms with Crippen LogP contribution in [0, 0.1) is 0 Å². The van der Waals surface area contributed by atoms with Crippen LogP contribution in [-0.2, 0) is 0 Å². The van der Waals surface area contributed by atoms with Gasteiger partial charge in [0.2, 0.25) is 0 Å². The summed E-state index contributed by atoms with van der Waals surface area (Å²) in [5.41, 5.74) is 7.11. The molecule has 0 aliphatic rings. The molecule has 98 valence electrons. The highest BCUT2D eigenvalue weighted by Crippen LogP contribution is 2.21. The van der Waals surface area contributed by atoms with Crippen LogP contribution in [0.2, 0.25) is 0 Å². The minimum absolute atomic E-state index is 0.105. The molecule has 0 aliphatic carbocycles. The summed E-state index contributed by atoms with van der Waals surface area (Å²) in [6.07, 6.45) is 0. The molecule has 0 saturated heterocycles. The summed E-state index contributed by atoms with van der Waals surface area (Å²) in [6, 6.07) is 12.8. The van der Waals surface area contributed by atoms with Crippen molar-refractivity contribution in [3.05, 3.63) is 54.1 Å². The fourth-order valence-corrected chi connectivity index (χ4v) is 1.71. The lowest BCUT2D eigenvalue weighted by Gasteiger charge is -2.13. The third kappa shape index (κ3) is 2.82. The van der Waals surface area contributed by atoms with Gasteiger partial charge in [-0.15, -0.1) is 5.12 Å². The van der Waals surface area contributed by atoms with Crippen LogP contribution < -0.4 is 16.2 Å². The normalized spacial score (nSPS) is 10.0. The molecule has 0 aliphatic heterocycles. The Balaban J connectivity index is 2.31. The summed E-state index contributed by atoms with van der Waals surface area (Å²) < 4.78 is 14.0. The van der Waals surface area contributed by atoms with Gasteiger partial charge in [-0.25, -0.2) is 0 Å². The van der Waals surface area contributed by atoms with E-state index in [4.69, 9.17) is 5.73 Å². The predicted octanol–water partition coefficient (Wildman–Crippen LogP) is 2.84. The van der Waals surface area contributed by atoms with Gasteiger partial charge in [-0.1, -0.05) is 22.7 Å². The Labute approximate surface area is 110 Å². The molecular weight excluding hydrogens is 245 g/mol. The summed E-state index contributed by atoms with van der Waals surface area (Å²) in [5, 5.41) is 2.97. The maximum Gasteiger partial charge on any atom is 0.286 e. The lowest BCUT2D eigenvalue weighted by Crippen LogP contribution is -2.22. The highest BCUT2D eigenvalue weighted by Gasteiger charge is 2.18. The number of amides is 1. The van der Waals surface area contributed by atoms with Crippen molar-refractivity contribution in [1.29, 1.82) is 0 Å². The number of anilines is 3. The van der Waals surface area contributed by atoms with Crippen molar-refractivity contribution in [3.63, 3.8) is 0 Å². The quantitative estimate of drug-likeness (QED) is 0.658. The van der Waals surface area contributed by atoms with Gasteiger partial charge in [0.25, 0.3) is 5.91 Å². The second-order valence-corrected chi connectivity index (χ2v) is 4.02. The maximum absolute atomic E-state index is 14.0. The Bertz CT molecular complexity index is 586. The summed E-state index contributed by atoms with van der Waals surface area (Å²) >= 11 is 0. The van der Waals surface area contributed by atoms with E-state index in [2.05, 4.69) is 5.32 Å². The van der Waals surface area contributed by atoms with Crippen molar-refractivity contribution >= 4 is 23.0 Å². The standard InChI is InChI=1S/C14H14FN3O/c1-17-12-8-10(7-11(16)9-12)14(19)18(15)13-5-3-2-4-6-13/h2-9,17H,16H2,1H3. The summed E-state index contributed by atoms with van der Waals surface area (Å²) in [7, 11) is 1.70. The van der Waals surface area contributed by atoms with Crippen molar-refractivity contribution in [1.82, 2.24) is 0 Å². The molecule has 0 radical (unpaired) electrons. The average molecular weight is 259 g/mol. The van der Waals surface area contributed by atoms with Gasteiger partial charge in [0.15, 0.2) is 0 Å². The van der Waals surface area contributed by atoms with Gasteiger partial charge in [-0.05, 0) is 30.3 Å². The van der Waals surface area contributed by atoms with E-state index in [-0.39, 0.29) is 16.4 Å². The van der Waals surface area contributed by atoms with E-state index in [0.717, 1.165) is 0 Å². The molecule has 19 heavy (non-hydrogen) atoms. The molecule has 2 aromatic rings. The molecule has 0 spiro atoms. The van der Waals surface area contributed by atoms with E-state index in [0.29, 0.717) is 11.4 Å². The number of hydrogen-bond acceptors (Lipinski definition) is 3. The number of para-hydroxylation sites is 1. The number of nitrogen functional groups attached to an aromatic ring is 1. The summed E-state index contributed by atoms with van der Waals surface area (Å²) in [6.45, 7) is 0. The number of nitrogens with one attached hydrogen (secondary N) is 1. The largest absolute Gasteiger partial charge is 0.399 e. The van der Waals surface area contributed by atoms with Crippen LogP contribution in [0.15, 0.2) is 48.5 Å². The average Bonchev–Trinajstić information content (AvgIpc) is 2.46. The van der Waals surface area contributed by atoms with Crippen molar-refractivity contribution < 1.29 is 9.28 Å². The Morgan fingerprint density at radius 2 is 1.89 bits per heavy atom. The Morgan fingerprint density at radius 3 is 2.53 bits per heavy atom. The van der Waals surface area contributed by atoms with Crippen LogP contribution in [0.1, 0.15) is 10.4 Å². The number of nitrogens with zero attached hydrogens (tertiary/aromatic N) is 1. The lowest BCUT2D eigenvalue weighted by molar-refractivity contribution is 0.0931. The molecule has 0 aromatic heterocycles. The number of halogens is 1. The third-order valence-corrected chi connectivity index (χ3v) is 2.65. The molecule has 0 heterocycles. The van der Waals surface area contributed by atoms with Crippen molar-refractivity contribution in [2.45, 2.75) is 0 Å². The molecule has 4 nitrogen and oxygen atoms in total. The van der Waals surface area contributed by atoms with Gasteiger partial charge in [-0.2, -0.15) is 0 Å². The van der Waals surface area contributed by atoms with E-state index in [1.54, 1.807) is 37.4 Å². The van der Waals surface area contributed by atoms with Crippen LogP contribution in [0.3, 0.4) is 0 Å². The second kappa shape index (κ2) is 5.39. The number of carbonyl (C=O) groups is 1. The van der Waals surface area contributed by atoms with E-state index in [9.17, 15) is 9.28 Å². The van der Waals surface area contributed by atoms with Crippen molar-refractivity contribution in [2.24, 2.45) is 0 Å². The monoisotopic (exact) mass is 259 g/mol. The van der Waals surface area contributed by atoms with Gasteiger partial charge >= 0.3 is 0 Å². The van der Waals surface area contributed by atoms with E-state index >= 15 is 0 Å². The zero-order chi connectivity index (χ0) is 13.8. The Kier molecular flexibility index (Phi) is 3.66. The van der Waals surface area contributed by atoms with E-state index < -0.39 is 5.91 Å². The lowest BCUT2D eigenvalue weighted by atomic mass is 10.1. The first kappa shape index (κ1) is 12.9. The first-order valence-electron chi connectivity index (χ1n) is 5.75. The molecule has 2 aromatic carbocycles. The predicted molar refractivity (Wildman–Crippen MR) is 74.8 cm³/mol. The van der Waals surface area contributed by atoms with Crippen LogP contribution in [0.25, 0.3) is 0 Å². The maximum atomic E-state index is 14.0. The molecule has 1 amide bonds. The molecule has 0 saturated carbocycles. The number of carbonyl (C=O) groups excluding carboxylic acids is 1. The van der Waals surface area contributed by atoms with Crippen molar-refractivity contribution in [3.8, 4) is 0 Å². The van der Waals surface area contributed by atoms with Crippen LogP contribution in [0.4, 0.5) is 21.5 Å². The topological polar surface area (TPSA) is 58.4 Å². The molecular formula is C14H14FN3O. The number of benzene rings is 2. The first-order valence-corrected chi connectivity index (χ1v) is 5.75. The third-order valence-electron chi connectivity index (χ3n) is 2.65.